The third-order valence-corrected chi connectivity index (χ3v) is 7.02. The van der Waals surface area contributed by atoms with E-state index >= 15 is 0 Å². The molecule has 2 heteroatoms. The molecule has 3 rings (SSSR count). The fourth-order valence-electron chi connectivity index (χ4n) is 4.89. The predicted octanol–water partition coefficient (Wildman–Crippen LogP) is 10.8. The third-order valence-electron chi connectivity index (χ3n) is 7.02. The molecule has 3 aromatic rings. The summed E-state index contributed by atoms with van der Waals surface area (Å²) in [5.74, 6) is 1.86. The first-order valence-corrected chi connectivity index (χ1v) is 14.4. The lowest BCUT2D eigenvalue weighted by molar-refractivity contribution is 0.480. The van der Waals surface area contributed by atoms with E-state index in [1.54, 1.807) is 0 Å². The summed E-state index contributed by atoms with van der Waals surface area (Å²) >= 11 is 0. The van der Waals surface area contributed by atoms with Gasteiger partial charge in [-0.2, -0.15) is 0 Å². The number of allylic oxidation sites excluding steroid dienone is 2. The van der Waals surface area contributed by atoms with E-state index in [2.05, 4.69) is 76.2 Å². The average Bonchev–Trinajstić information content (AvgIpc) is 2.91. The van der Waals surface area contributed by atoms with Gasteiger partial charge < -0.3 is 9.47 Å². The van der Waals surface area contributed by atoms with E-state index in [1.165, 1.54) is 62.5 Å². The minimum atomic E-state index is 0.929. The summed E-state index contributed by atoms with van der Waals surface area (Å²) in [7, 11) is 0. The normalized spacial score (nSPS) is 11.9. The van der Waals surface area contributed by atoms with Gasteiger partial charge in [0.2, 0.25) is 0 Å². The number of unbranched alkanes of at least 4 members (excludes halogenated alkanes) is 8. The quantitative estimate of drug-likeness (QED) is 0.114. The van der Waals surface area contributed by atoms with Crippen LogP contribution in [0.4, 0.5) is 0 Å². The van der Waals surface area contributed by atoms with Gasteiger partial charge in [0.1, 0.15) is 11.5 Å². The Bertz CT molecular complexity index is 1050. The van der Waals surface area contributed by atoms with Crippen molar-refractivity contribution in [3.63, 3.8) is 0 Å². The molecular weight excluding hydrogens is 440 g/mol. The SMILES string of the molecule is CCCCCC/C=C/Oc1c2ccccc2c(O/C=C/CCCCCC)c2cc(CC)c(CC)cc12. The molecule has 36 heavy (non-hydrogen) atoms. The number of hydrogen-bond acceptors (Lipinski definition) is 2. The van der Waals surface area contributed by atoms with Crippen molar-refractivity contribution >= 4 is 21.5 Å². The van der Waals surface area contributed by atoms with Crippen LogP contribution in [-0.4, -0.2) is 0 Å². The van der Waals surface area contributed by atoms with Gasteiger partial charge in [-0.1, -0.05) is 90.5 Å². The maximum Gasteiger partial charge on any atom is 0.142 e. The summed E-state index contributed by atoms with van der Waals surface area (Å²) in [5.41, 5.74) is 2.76. The van der Waals surface area contributed by atoms with Crippen molar-refractivity contribution in [3.05, 3.63) is 72.2 Å². The molecule has 3 aromatic carbocycles. The molecule has 0 aliphatic rings. The standard InChI is InChI=1S/C34H46O2/c1-5-9-11-13-15-19-23-35-33-29-21-17-18-22-30(29)34(36-24-20-16-14-12-10-6-2)32-26-28(8-4)27(7-3)25-31(32)33/h17-26H,5-16H2,1-4H3/b23-19+,24-20+. The fourth-order valence-corrected chi connectivity index (χ4v) is 4.89. The summed E-state index contributed by atoms with van der Waals surface area (Å²) < 4.78 is 12.8. The van der Waals surface area contributed by atoms with Crippen LogP contribution in [-0.2, 0) is 12.8 Å². The number of fused-ring (bicyclic) bond motifs is 2. The molecule has 0 fully saturated rings. The molecule has 0 atom stereocenters. The largest absolute Gasteiger partial charge is 0.464 e. The molecule has 0 spiro atoms. The fraction of sp³-hybridized carbons (Fsp3) is 0.471. The van der Waals surface area contributed by atoms with Crippen LogP contribution in [0.5, 0.6) is 11.5 Å². The number of aryl methyl sites for hydroxylation is 2. The van der Waals surface area contributed by atoms with Crippen LogP contribution in [0.15, 0.2) is 61.1 Å². The molecule has 0 aromatic heterocycles. The maximum absolute atomic E-state index is 6.39. The summed E-state index contributed by atoms with van der Waals surface area (Å²) in [6, 6.07) is 13.1. The number of benzene rings is 3. The van der Waals surface area contributed by atoms with Gasteiger partial charge in [0.25, 0.3) is 0 Å². The molecule has 194 valence electrons. The lowest BCUT2D eigenvalue weighted by Gasteiger charge is -2.18. The first kappa shape index (κ1) is 27.8. The highest BCUT2D eigenvalue weighted by Gasteiger charge is 2.17. The van der Waals surface area contributed by atoms with Gasteiger partial charge in [0, 0.05) is 21.5 Å². The van der Waals surface area contributed by atoms with E-state index in [4.69, 9.17) is 9.47 Å². The molecule has 0 aliphatic carbocycles. The first-order chi connectivity index (χ1) is 17.7. The molecule has 0 aliphatic heterocycles. The van der Waals surface area contributed by atoms with E-state index in [0.29, 0.717) is 0 Å². The van der Waals surface area contributed by atoms with Crippen molar-refractivity contribution in [2.75, 3.05) is 0 Å². The van der Waals surface area contributed by atoms with Gasteiger partial charge in [-0.3, -0.25) is 0 Å². The first-order valence-electron chi connectivity index (χ1n) is 14.4. The second-order valence-corrected chi connectivity index (χ2v) is 9.76. The zero-order valence-corrected chi connectivity index (χ0v) is 23.1. The van der Waals surface area contributed by atoms with Crippen molar-refractivity contribution in [2.24, 2.45) is 0 Å². The summed E-state index contributed by atoms with van der Waals surface area (Å²) in [4.78, 5) is 0. The van der Waals surface area contributed by atoms with E-state index in [1.807, 2.05) is 12.5 Å². The molecule has 0 saturated heterocycles. The van der Waals surface area contributed by atoms with Gasteiger partial charge in [-0.15, -0.1) is 0 Å². The third kappa shape index (κ3) is 7.38. The molecule has 0 N–H and O–H groups in total. The smallest absolute Gasteiger partial charge is 0.142 e. The van der Waals surface area contributed by atoms with Crippen molar-refractivity contribution in [3.8, 4) is 11.5 Å². The summed E-state index contributed by atoms with van der Waals surface area (Å²) in [6.45, 7) is 8.97. The highest BCUT2D eigenvalue weighted by molar-refractivity contribution is 6.11. The Morgan fingerprint density at radius 3 is 1.39 bits per heavy atom. The molecule has 0 bridgehead atoms. The Morgan fingerprint density at radius 2 is 1.00 bits per heavy atom. The van der Waals surface area contributed by atoms with E-state index < -0.39 is 0 Å². The Hall–Kier alpha value is -2.74. The zero-order valence-electron chi connectivity index (χ0n) is 23.1. The lowest BCUT2D eigenvalue weighted by Crippen LogP contribution is -1.97. The lowest BCUT2D eigenvalue weighted by atomic mass is 9.94. The van der Waals surface area contributed by atoms with Crippen LogP contribution in [0.2, 0.25) is 0 Å². The molecule has 2 nitrogen and oxygen atoms in total. The summed E-state index contributed by atoms with van der Waals surface area (Å²) in [5, 5.41) is 4.45. The number of hydrogen-bond donors (Lipinski definition) is 0. The monoisotopic (exact) mass is 486 g/mol. The van der Waals surface area contributed by atoms with Crippen molar-refractivity contribution in [1.29, 1.82) is 0 Å². The van der Waals surface area contributed by atoms with Crippen molar-refractivity contribution < 1.29 is 9.47 Å². The molecule has 0 saturated carbocycles. The summed E-state index contributed by atoms with van der Waals surface area (Å²) in [6.07, 6.45) is 22.4. The highest BCUT2D eigenvalue weighted by atomic mass is 16.5. The average molecular weight is 487 g/mol. The van der Waals surface area contributed by atoms with Gasteiger partial charge in [-0.05, 0) is 73.9 Å². The number of rotatable bonds is 16. The minimum absolute atomic E-state index is 0.929. The second-order valence-electron chi connectivity index (χ2n) is 9.76. The Labute approximate surface area is 219 Å². The van der Waals surface area contributed by atoms with Crippen molar-refractivity contribution in [1.82, 2.24) is 0 Å². The Kier molecular flexibility index (Phi) is 11.9. The van der Waals surface area contributed by atoms with Gasteiger partial charge in [0.15, 0.2) is 0 Å². The van der Waals surface area contributed by atoms with Crippen LogP contribution in [0.25, 0.3) is 21.5 Å². The second kappa shape index (κ2) is 15.4. The molecule has 0 amide bonds. The zero-order chi connectivity index (χ0) is 25.6. The van der Waals surface area contributed by atoms with Crippen LogP contribution >= 0.6 is 0 Å². The topological polar surface area (TPSA) is 18.5 Å². The highest BCUT2D eigenvalue weighted by Crippen LogP contribution is 2.44. The van der Waals surface area contributed by atoms with Crippen LogP contribution < -0.4 is 9.47 Å². The van der Waals surface area contributed by atoms with E-state index in [0.717, 1.165) is 58.7 Å². The number of ether oxygens (including phenoxy) is 2. The molecule has 0 heterocycles. The van der Waals surface area contributed by atoms with Gasteiger partial charge in [-0.25, -0.2) is 0 Å². The Morgan fingerprint density at radius 1 is 0.556 bits per heavy atom. The molecule has 0 radical (unpaired) electrons. The van der Waals surface area contributed by atoms with Crippen LogP contribution in [0.1, 0.15) is 103 Å². The van der Waals surface area contributed by atoms with E-state index in [-0.39, 0.29) is 0 Å². The van der Waals surface area contributed by atoms with Crippen LogP contribution in [0, 0.1) is 0 Å². The van der Waals surface area contributed by atoms with Crippen molar-refractivity contribution in [2.45, 2.75) is 105 Å². The van der Waals surface area contributed by atoms with Gasteiger partial charge >= 0.3 is 0 Å². The van der Waals surface area contributed by atoms with Crippen LogP contribution in [0.3, 0.4) is 0 Å². The maximum atomic E-state index is 6.39. The van der Waals surface area contributed by atoms with Gasteiger partial charge in [0.05, 0.1) is 12.5 Å². The molecular formula is C34H46O2. The Balaban J connectivity index is 2.00. The van der Waals surface area contributed by atoms with E-state index in [9.17, 15) is 0 Å². The molecule has 0 unspecified atom stereocenters. The predicted molar refractivity (Wildman–Crippen MR) is 157 cm³/mol. The minimum Gasteiger partial charge on any atom is -0.464 e.